The molecule has 0 aliphatic carbocycles. The van der Waals surface area contributed by atoms with Gasteiger partial charge in [-0.05, 0) is 49.9 Å². The van der Waals surface area contributed by atoms with Gasteiger partial charge in [0, 0.05) is 35.1 Å². The van der Waals surface area contributed by atoms with Gasteiger partial charge in [0.15, 0.2) is 0 Å². The Bertz CT molecular complexity index is 662. The zero-order valence-electron chi connectivity index (χ0n) is 13.6. The molecule has 9 heteroatoms. The van der Waals surface area contributed by atoms with Crippen LogP contribution in [0.2, 0.25) is 0 Å². The molecular formula is C15H21Br2FN2O3S. The van der Waals surface area contributed by atoms with E-state index in [1.807, 2.05) is 0 Å². The van der Waals surface area contributed by atoms with Crippen LogP contribution in [0.1, 0.15) is 13.8 Å². The fourth-order valence-electron chi connectivity index (χ4n) is 2.65. The van der Waals surface area contributed by atoms with Crippen molar-refractivity contribution < 1.29 is 17.5 Å². The van der Waals surface area contributed by atoms with Crippen LogP contribution in [0.25, 0.3) is 0 Å². The molecule has 1 aliphatic heterocycles. The second-order valence-corrected chi connectivity index (χ2v) is 9.61. The molecule has 2 rings (SSSR count). The van der Waals surface area contributed by atoms with E-state index >= 15 is 0 Å². The van der Waals surface area contributed by atoms with Gasteiger partial charge in [0.1, 0.15) is 10.7 Å². The molecule has 1 N–H and O–H groups in total. The summed E-state index contributed by atoms with van der Waals surface area (Å²) in [6, 6.07) is 2.25. The molecule has 0 aromatic heterocycles. The summed E-state index contributed by atoms with van der Waals surface area (Å²) in [6.07, 6.45) is -0.203. The SMILES string of the molecule is CC(C)CN1CCOC(CNS(=O)(=O)c2c(Br)cc(F)cc2Br)C1. The first-order chi connectivity index (χ1) is 11.2. The smallest absolute Gasteiger partial charge is 0.242 e. The van der Waals surface area contributed by atoms with Gasteiger partial charge in [0.05, 0.1) is 12.7 Å². The van der Waals surface area contributed by atoms with E-state index < -0.39 is 15.8 Å². The molecule has 0 radical (unpaired) electrons. The lowest BCUT2D eigenvalue weighted by atomic mass is 10.2. The zero-order valence-corrected chi connectivity index (χ0v) is 17.5. The average Bonchev–Trinajstić information content (AvgIpc) is 2.43. The second kappa shape index (κ2) is 8.55. The Morgan fingerprint density at radius 3 is 2.58 bits per heavy atom. The van der Waals surface area contributed by atoms with Crippen LogP contribution in [0.15, 0.2) is 26.0 Å². The molecule has 0 bridgehead atoms. The number of ether oxygens (including phenoxy) is 1. The average molecular weight is 488 g/mol. The normalized spacial score (nSPS) is 19.8. The van der Waals surface area contributed by atoms with E-state index in [9.17, 15) is 12.8 Å². The Kier molecular flexibility index (Phi) is 7.21. The molecule has 5 nitrogen and oxygen atoms in total. The Labute approximate surface area is 159 Å². The van der Waals surface area contributed by atoms with Crippen LogP contribution in [0.5, 0.6) is 0 Å². The van der Waals surface area contributed by atoms with Gasteiger partial charge in [-0.2, -0.15) is 0 Å². The predicted octanol–water partition coefficient (Wildman–Crippen LogP) is 2.99. The van der Waals surface area contributed by atoms with Crippen LogP contribution in [0.3, 0.4) is 0 Å². The summed E-state index contributed by atoms with van der Waals surface area (Å²) in [7, 11) is -3.79. The van der Waals surface area contributed by atoms with Crippen molar-refractivity contribution >= 4 is 41.9 Å². The van der Waals surface area contributed by atoms with Crippen molar-refractivity contribution in [2.45, 2.75) is 24.8 Å². The lowest BCUT2D eigenvalue weighted by Crippen LogP contribution is -2.48. The monoisotopic (exact) mass is 486 g/mol. The van der Waals surface area contributed by atoms with Crippen LogP contribution in [0.4, 0.5) is 4.39 Å². The fraction of sp³-hybridized carbons (Fsp3) is 0.600. The highest BCUT2D eigenvalue weighted by Gasteiger charge is 2.26. The third kappa shape index (κ3) is 5.47. The number of morpholine rings is 1. The molecule has 1 aliphatic rings. The number of benzene rings is 1. The number of halogens is 3. The second-order valence-electron chi connectivity index (χ2n) is 6.20. The summed E-state index contributed by atoms with van der Waals surface area (Å²) in [5.41, 5.74) is 0. The Balaban J connectivity index is 2.03. The number of rotatable bonds is 6. The number of hydrogen-bond acceptors (Lipinski definition) is 4. The molecule has 1 aromatic carbocycles. The van der Waals surface area contributed by atoms with Gasteiger partial charge in [-0.25, -0.2) is 17.5 Å². The predicted molar refractivity (Wildman–Crippen MR) is 98.0 cm³/mol. The first-order valence-electron chi connectivity index (χ1n) is 7.67. The number of hydrogen-bond donors (Lipinski definition) is 1. The van der Waals surface area contributed by atoms with Gasteiger partial charge in [0.2, 0.25) is 10.0 Å². The van der Waals surface area contributed by atoms with E-state index in [1.165, 1.54) is 0 Å². The van der Waals surface area contributed by atoms with Crippen LogP contribution < -0.4 is 4.72 Å². The Morgan fingerprint density at radius 1 is 1.38 bits per heavy atom. The highest BCUT2D eigenvalue weighted by Crippen LogP contribution is 2.30. The molecule has 1 heterocycles. The first kappa shape index (κ1) is 20.3. The van der Waals surface area contributed by atoms with Crippen molar-refractivity contribution in [3.63, 3.8) is 0 Å². The van der Waals surface area contributed by atoms with E-state index in [-0.39, 0.29) is 26.5 Å². The Morgan fingerprint density at radius 2 is 2.00 bits per heavy atom. The van der Waals surface area contributed by atoms with E-state index in [4.69, 9.17) is 4.74 Å². The quantitative estimate of drug-likeness (QED) is 0.670. The standard InChI is InChI=1S/C15H21Br2FN2O3S/c1-10(2)8-20-3-4-23-12(9-20)7-19-24(21,22)15-13(16)5-11(18)6-14(15)17/h5-6,10,12,19H,3-4,7-9H2,1-2H3. The van der Waals surface area contributed by atoms with Crippen molar-refractivity contribution in [2.24, 2.45) is 5.92 Å². The third-order valence-corrected chi connectivity index (χ3v) is 6.88. The van der Waals surface area contributed by atoms with Crippen molar-refractivity contribution in [2.75, 3.05) is 32.8 Å². The minimum Gasteiger partial charge on any atom is -0.374 e. The topological polar surface area (TPSA) is 58.6 Å². The van der Waals surface area contributed by atoms with E-state index in [1.54, 1.807) is 0 Å². The van der Waals surface area contributed by atoms with Crippen LogP contribution >= 0.6 is 31.9 Å². The largest absolute Gasteiger partial charge is 0.374 e. The van der Waals surface area contributed by atoms with Crippen LogP contribution in [-0.4, -0.2) is 52.2 Å². The lowest BCUT2D eigenvalue weighted by molar-refractivity contribution is -0.0280. The summed E-state index contributed by atoms with van der Waals surface area (Å²) < 4.78 is 46.9. The molecule has 1 fully saturated rings. The van der Waals surface area contributed by atoms with E-state index in [0.717, 1.165) is 25.2 Å². The zero-order chi connectivity index (χ0) is 17.9. The maximum Gasteiger partial charge on any atom is 0.242 e. The molecule has 1 unspecified atom stereocenters. The first-order valence-corrected chi connectivity index (χ1v) is 10.7. The molecule has 0 saturated carbocycles. The summed E-state index contributed by atoms with van der Waals surface area (Å²) in [5, 5.41) is 0. The van der Waals surface area contributed by atoms with Gasteiger partial charge < -0.3 is 4.74 Å². The number of nitrogens with one attached hydrogen (secondary N) is 1. The third-order valence-electron chi connectivity index (χ3n) is 3.58. The van der Waals surface area contributed by atoms with Crippen LogP contribution in [0, 0.1) is 11.7 Å². The lowest BCUT2D eigenvalue weighted by Gasteiger charge is -2.33. The molecule has 1 atom stereocenters. The maximum absolute atomic E-state index is 13.3. The highest BCUT2D eigenvalue weighted by atomic mass is 79.9. The summed E-state index contributed by atoms with van der Waals surface area (Å²) in [5.74, 6) is 0.0270. The van der Waals surface area contributed by atoms with Crippen molar-refractivity contribution in [3.8, 4) is 0 Å². The summed E-state index contributed by atoms with van der Waals surface area (Å²) >= 11 is 6.22. The molecule has 136 valence electrons. The molecular weight excluding hydrogens is 467 g/mol. The number of sulfonamides is 1. The van der Waals surface area contributed by atoms with Gasteiger partial charge in [-0.15, -0.1) is 0 Å². The number of nitrogens with zero attached hydrogens (tertiary/aromatic N) is 1. The van der Waals surface area contributed by atoms with Gasteiger partial charge in [0.25, 0.3) is 0 Å². The molecule has 1 saturated heterocycles. The fourth-order valence-corrected chi connectivity index (χ4v) is 6.24. The van der Waals surface area contributed by atoms with Gasteiger partial charge >= 0.3 is 0 Å². The Hall–Kier alpha value is -0.0600. The van der Waals surface area contributed by atoms with Crippen molar-refractivity contribution in [1.82, 2.24) is 9.62 Å². The van der Waals surface area contributed by atoms with Gasteiger partial charge in [-0.3, -0.25) is 4.90 Å². The van der Waals surface area contributed by atoms with Crippen LogP contribution in [-0.2, 0) is 14.8 Å². The minimum absolute atomic E-state index is 0.0151. The van der Waals surface area contributed by atoms with Gasteiger partial charge in [-0.1, -0.05) is 13.8 Å². The molecule has 1 aromatic rings. The van der Waals surface area contributed by atoms with E-state index in [0.29, 0.717) is 19.1 Å². The minimum atomic E-state index is -3.79. The summed E-state index contributed by atoms with van der Waals surface area (Å²) in [6.45, 7) is 7.56. The molecule has 24 heavy (non-hydrogen) atoms. The highest BCUT2D eigenvalue weighted by molar-refractivity contribution is 9.11. The molecule has 0 amide bonds. The molecule has 0 spiro atoms. The summed E-state index contributed by atoms with van der Waals surface area (Å²) in [4.78, 5) is 2.26. The van der Waals surface area contributed by atoms with Crippen molar-refractivity contribution in [3.05, 3.63) is 26.9 Å². The van der Waals surface area contributed by atoms with E-state index in [2.05, 4.69) is 55.3 Å². The van der Waals surface area contributed by atoms with Crippen molar-refractivity contribution in [1.29, 1.82) is 0 Å². The maximum atomic E-state index is 13.3.